The van der Waals surface area contributed by atoms with Crippen LogP contribution in [-0.2, 0) is 15.8 Å². The third-order valence-electron chi connectivity index (χ3n) is 4.24. The number of hydrogen-bond acceptors (Lipinski definition) is 3. The van der Waals surface area contributed by atoms with Crippen molar-refractivity contribution in [1.82, 2.24) is 4.90 Å². The Morgan fingerprint density at radius 2 is 1.92 bits per heavy atom. The Balaban J connectivity index is 2.06. The van der Waals surface area contributed by atoms with E-state index in [2.05, 4.69) is 5.32 Å². The van der Waals surface area contributed by atoms with E-state index in [0.29, 0.717) is 25.9 Å². The molecule has 0 spiro atoms. The number of nitrogens with one attached hydrogen (secondary N) is 1. The molecule has 24 heavy (non-hydrogen) atoms. The van der Waals surface area contributed by atoms with Gasteiger partial charge in [0.2, 0.25) is 0 Å². The maximum Gasteiger partial charge on any atom is 0.416 e. The summed E-state index contributed by atoms with van der Waals surface area (Å²) >= 11 is 0. The Hall–Kier alpha value is -2.09. The van der Waals surface area contributed by atoms with Crippen molar-refractivity contribution < 1.29 is 27.9 Å². The highest BCUT2D eigenvalue weighted by Crippen LogP contribution is 2.34. The van der Waals surface area contributed by atoms with Crippen LogP contribution in [0.3, 0.4) is 0 Å². The fourth-order valence-electron chi connectivity index (χ4n) is 2.72. The standard InChI is InChI=1S/C16H19F3N2O3/c1-10-12(16(17,18)19)3-2-4-13(10)20-14(23)15(24)21-7-5-11(9-22)6-8-21/h2-4,11,22H,5-9H2,1H3,(H,20,23). The van der Waals surface area contributed by atoms with Gasteiger partial charge in [0.15, 0.2) is 0 Å². The summed E-state index contributed by atoms with van der Waals surface area (Å²) in [5, 5.41) is 11.3. The van der Waals surface area contributed by atoms with Crippen molar-refractivity contribution in [2.24, 2.45) is 5.92 Å². The predicted octanol–water partition coefficient (Wildman–Crippen LogP) is 2.18. The van der Waals surface area contributed by atoms with Gasteiger partial charge in [-0.05, 0) is 43.4 Å². The molecule has 2 amide bonds. The lowest BCUT2D eigenvalue weighted by molar-refractivity contribution is -0.144. The number of carbonyl (C=O) groups excluding carboxylic acids is 2. The third kappa shape index (κ3) is 4.05. The van der Waals surface area contributed by atoms with Gasteiger partial charge in [0.25, 0.3) is 0 Å². The number of hydrogen-bond donors (Lipinski definition) is 2. The van der Waals surface area contributed by atoms with Gasteiger partial charge in [0.05, 0.1) is 5.56 Å². The molecule has 1 saturated heterocycles. The summed E-state index contributed by atoms with van der Waals surface area (Å²) in [5.74, 6) is -1.62. The smallest absolute Gasteiger partial charge is 0.396 e. The van der Waals surface area contributed by atoms with Crippen LogP contribution in [0.2, 0.25) is 0 Å². The minimum absolute atomic E-state index is 0.0339. The maximum absolute atomic E-state index is 12.9. The topological polar surface area (TPSA) is 69.6 Å². The van der Waals surface area contributed by atoms with Gasteiger partial charge in [-0.2, -0.15) is 13.2 Å². The first-order chi connectivity index (χ1) is 11.2. The Morgan fingerprint density at radius 1 is 1.29 bits per heavy atom. The van der Waals surface area contributed by atoms with E-state index in [0.717, 1.165) is 6.07 Å². The van der Waals surface area contributed by atoms with Gasteiger partial charge in [0.1, 0.15) is 0 Å². The monoisotopic (exact) mass is 344 g/mol. The number of halogens is 3. The van der Waals surface area contributed by atoms with Gasteiger partial charge in [-0.3, -0.25) is 9.59 Å². The lowest BCUT2D eigenvalue weighted by Crippen LogP contribution is -2.44. The third-order valence-corrected chi connectivity index (χ3v) is 4.24. The number of piperidine rings is 1. The highest BCUT2D eigenvalue weighted by Gasteiger charge is 2.33. The Bertz CT molecular complexity index is 623. The van der Waals surface area contributed by atoms with E-state index >= 15 is 0 Å². The first kappa shape index (κ1) is 18.3. The number of benzene rings is 1. The fourth-order valence-corrected chi connectivity index (χ4v) is 2.72. The molecule has 1 aliphatic heterocycles. The zero-order chi connectivity index (χ0) is 17.9. The Morgan fingerprint density at radius 3 is 2.46 bits per heavy atom. The molecule has 0 aromatic heterocycles. The molecular formula is C16H19F3N2O3. The average molecular weight is 344 g/mol. The number of carbonyl (C=O) groups is 2. The number of alkyl halides is 3. The predicted molar refractivity (Wildman–Crippen MR) is 81.2 cm³/mol. The van der Waals surface area contributed by atoms with E-state index in [1.165, 1.54) is 24.0 Å². The number of aliphatic hydroxyl groups is 1. The van der Waals surface area contributed by atoms with Crippen LogP contribution in [0.4, 0.5) is 18.9 Å². The van der Waals surface area contributed by atoms with Gasteiger partial charge < -0.3 is 15.3 Å². The van der Waals surface area contributed by atoms with Crippen LogP contribution in [0.1, 0.15) is 24.0 Å². The molecule has 0 aliphatic carbocycles. The summed E-state index contributed by atoms with van der Waals surface area (Å²) in [6.45, 7) is 1.98. The van der Waals surface area contributed by atoms with Crippen molar-refractivity contribution in [2.45, 2.75) is 25.9 Å². The molecule has 0 saturated carbocycles. The summed E-state index contributed by atoms with van der Waals surface area (Å²) < 4.78 is 38.6. The molecule has 0 unspecified atom stereocenters. The zero-order valence-electron chi connectivity index (χ0n) is 13.2. The molecule has 8 heteroatoms. The van der Waals surface area contributed by atoms with Crippen LogP contribution in [0.5, 0.6) is 0 Å². The summed E-state index contributed by atoms with van der Waals surface area (Å²) in [6.07, 6.45) is -3.34. The molecule has 1 fully saturated rings. The number of aliphatic hydroxyl groups excluding tert-OH is 1. The first-order valence-electron chi connectivity index (χ1n) is 7.62. The number of likely N-dealkylation sites (tertiary alicyclic amines) is 1. The van der Waals surface area contributed by atoms with Crippen LogP contribution in [0, 0.1) is 12.8 Å². The Labute approximate surface area is 137 Å². The summed E-state index contributed by atoms with van der Waals surface area (Å²) in [6, 6.07) is 3.43. The van der Waals surface area contributed by atoms with Crippen LogP contribution in [0.15, 0.2) is 18.2 Å². The van der Waals surface area contributed by atoms with Gasteiger partial charge in [-0.15, -0.1) is 0 Å². The lowest BCUT2D eigenvalue weighted by Gasteiger charge is -2.30. The number of anilines is 1. The SMILES string of the molecule is Cc1c(NC(=O)C(=O)N2CCC(CO)CC2)cccc1C(F)(F)F. The normalized spacial score (nSPS) is 16.1. The largest absolute Gasteiger partial charge is 0.416 e. The van der Waals surface area contributed by atoms with Crippen LogP contribution < -0.4 is 5.32 Å². The molecule has 132 valence electrons. The molecule has 0 atom stereocenters. The fraction of sp³-hybridized carbons (Fsp3) is 0.500. The molecule has 0 bridgehead atoms. The molecule has 1 heterocycles. The molecule has 1 aliphatic rings. The average Bonchev–Trinajstić information content (AvgIpc) is 2.55. The first-order valence-corrected chi connectivity index (χ1v) is 7.62. The molecule has 1 aromatic rings. The molecule has 2 N–H and O–H groups in total. The molecule has 2 rings (SSSR count). The molecule has 0 radical (unpaired) electrons. The molecule has 1 aromatic carbocycles. The maximum atomic E-state index is 12.9. The second-order valence-electron chi connectivity index (χ2n) is 5.85. The van der Waals surface area contributed by atoms with Gasteiger partial charge in [0, 0.05) is 25.4 Å². The second kappa shape index (κ2) is 7.21. The number of nitrogens with zero attached hydrogens (tertiary/aromatic N) is 1. The van der Waals surface area contributed by atoms with Crippen LogP contribution in [0.25, 0.3) is 0 Å². The van der Waals surface area contributed by atoms with Crippen molar-refractivity contribution in [3.63, 3.8) is 0 Å². The van der Waals surface area contributed by atoms with Crippen molar-refractivity contribution >= 4 is 17.5 Å². The van der Waals surface area contributed by atoms with E-state index in [9.17, 15) is 22.8 Å². The minimum Gasteiger partial charge on any atom is -0.396 e. The van der Waals surface area contributed by atoms with Crippen molar-refractivity contribution in [3.05, 3.63) is 29.3 Å². The lowest BCUT2D eigenvalue weighted by atomic mass is 9.98. The number of rotatable bonds is 2. The highest BCUT2D eigenvalue weighted by molar-refractivity contribution is 6.39. The van der Waals surface area contributed by atoms with Gasteiger partial charge >= 0.3 is 18.0 Å². The molecule has 5 nitrogen and oxygen atoms in total. The Kier molecular flexibility index (Phi) is 5.48. The van der Waals surface area contributed by atoms with E-state index in [1.807, 2.05) is 0 Å². The van der Waals surface area contributed by atoms with Crippen molar-refractivity contribution in [3.8, 4) is 0 Å². The number of amides is 2. The quantitative estimate of drug-likeness (QED) is 0.808. The van der Waals surface area contributed by atoms with Crippen LogP contribution >= 0.6 is 0 Å². The van der Waals surface area contributed by atoms with Crippen molar-refractivity contribution in [2.75, 3.05) is 25.0 Å². The molecular weight excluding hydrogens is 325 g/mol. The van der Waals surface area contributed by atoms with E-state index in [1.54, 1.807) is 0 Å². The zero-order valence-corrected chi connectivity index (χ0v) is 13.2. The summed E-state index contributed by atoms with van der Waals surface area (Å²) in [4.78, 5) is 25.5. The van der Waals surface area contributed by atoms with E-state index in [4.69, 9.17) is 5.11 Å². The van der Waals surface area contributed by atoms with Gasteiger partial charge in [-0.25, -0.2) is 0 Å². The van der Waals surface area contributed by atoms with Gasteiger partial charge in [-0.1, -0.05) is 6.07 Å². The summed E-state index contributed by atoms with van der Waals surface area (Å²) in [5.41, 5.74) is -1.02. The minimum atomic E-state index is -4.53. The van der Waals surface area contributed by atoms with Crippen LogP contribution in [-0.4, -0.2) is 41.5 Å². The van der Waals surface area contributed by atoms with Crippen molar-refractivity contribution in [1.29, 1.82) is 0 Å². The second-order valence-corrected chi connectivity index (χ2v) is 5.85. The summed E-state index contributed by atoms with van der Waals surface area (Å²) in [7, 11) is 0. The highest BCUT2D eigenvalue weighted by atomic mass is 19.4. The van der Waals surface area contributed by atoms with E-state index < -0.39 is 23.6 Å². The van der Waals surface area contributed by atoms with E-state index in [-0.39, 0.29) is 23.8 Å².